The van der Waals surface area contributed by atoms with E-state index in [1.807, 2.05) is 30.3 Å². The highest BCUT2D eigenvalue weighted by Gasteiger charge is 2.12. The molecule has 2 N–H and O–H groups in total. The van der Waals surface area contributed by atoms with E-state index in [2.05, 4.69) is 26.5 Å². The largest absolute Gasteiger partial charge is 0.507 e. The van der Waals surface area contributed by atoms with Crippen molar-refractivity contribution >= 4 is 38.8 Å². The van der Waals surface area contributed by atoms with Gasteiger partial charge in [0.15, 0.2) is 0 Å². The Kier molecular flexibility index (Phi) is 6.47. The van der Waals surface area contributed by atoms with Crippen molar-refractivity contribution in [3.8, 4) is 11.5 Å². The van der Waals surface area contributed by atoms with Gasteiger partial charge in [-0.25, -0.2) is 9.82 Å². The molecule has 7 heteroatoms. The number of ether oxygens (including phenoxy) is 1. The van der Waals surface area contributed by atoms with Crippen LogP contribution in [-0.2, 0) is 6.61 Å². The first-order valence-corrected chi connectivity index (χ1v) is 10.5. The van der Waals surface area contributed by atoms with Crippen LogP contribution in [0.3, 0.4) is 0 Å². The van der Waals surface area contributed by atoms with Crippen molar-refractivity contribution in [1.82, 2.24) is 5.43 Å². The molecule has 5 nitrogen and oxygen atoms in total. The smallest absolute Gasteiger partial charge is 0.275 e. The van der Waals surface area contributed by atoms with Crippen molar-refractivity contribution in [1.29, 1.82) is 0 Å². The number of halogens is 2. The molecule has 0 spiro atoms. The Morgan fingerprint density at radius 1 is 1.03 bits per heavy atom. The fourth-order valence-corrected chi connectivity index (χ4v) is 3.50. The maximum atomic E-state index is 13.1. The van der Waals surface area contributed by atoms with Crippen LogP contribution in [-0.4, -0.2) is 17.2 Å². The normalized spacial score (nSPS) is 11.1. The molecule has 0 saturated heterocycles. The molecule has 0 aliphatic rings. The summed E-state index contributed by atoms with van der Waals surface area (Å²) < 4.78 is 19.7. The van der Waals surface area contributed by atoms with E-state index in [9.17, 15) is 14.3 Å². The molecule has 1 amide bonds. The highest BCUT2D eigenvalue weighted by atomic mass is 79.9. The van der Waals surface area contributed by atoms with Gasteiger partial charge in [-0.05, 0) is 58.8 Å². The van der Waals surface area contributed by atoms with Crippen LogP contribution in [0.2, 0.25) is 0 Å². The number of phenolic OH excluding ortho intramolecular Hbond substituents is 1. The number of hydrazone groups is 1. The highest BCUT2D eigenvalue weighted by Crippen LogP contribution is 2.25. The van der Waals surface area contributed by atoms with Crippen LogP contribution in [0.25, 0.3) is 10.8 Å². The number of carbonyl (C=O) groups is 1. The number of hydrogen-bond acceptors (Lipinski definition) is 4. The number of hydrogen-bond donors (Lipinski definition) is 2. The first kappa shape index (κ1) is 21.5. The molecular weight excluding hydrogens is 475 g/mol. The summed E-state index contributed by atoms with van der Waals surface area (Å²) in [5.74, 6) is -0.419. The number of phenols is 1. The lowest BCUT2D eigenvalue weighted by molar-refractivity contribution is 0.0952. The summed E-state index contributed by atoms with van der Waals surface area (Å²) >= 11 is 3.41. The van der Waals surface area contributed by atoms with E-state index in [1.54, 1.807) is 36.4 Å². The molecule has 4 aromatic carbocycles. The number of amides is 1. The van der Waals surface area contributed by atoms with Crippen LogP contribution in [0.1, 0.15) is 21.5 Å². The zero-order chi connectivity index (χ0) is 22.5. The Morgan fingerprint density at radius 2 is 1.75 bits per heavy atom. The fourth-order valence-electron chi connectivity index (χ4n) is 3.12. The van der Waals surface area contributed by atoms with Gasteiger partial charge < -0.3 is 9.84 Å². The SMILES string of the molecule is O=C(N/N=C/c1cc(Br)ccc1OCc1ccc(F)cc1)c1cc2ccccc2cc1O. The molecule has 0 heterocycles. The molecule has 0 radical (unpaired) electrons. The molecule has 0 aliphatic heterocycles. The zero-order valence-corrected chi connectivity index (χ0v) is 18.3. The second-order valence-corrected chi connectivity index (χ2v) is 7.93. The van der Waals surface area contributed by atoms with Crippen molar-refractivity contribution in [3.05, 3.63) is 106 Å². The lowest BCUT2D eigenvalue weighted by atomic mass is 10.1. The third-order valence-electron chi connectivity index (χ3n) is 4.76. The van der Waals surface area contributed by atoms with Crippen LogP contribution >= 0.6 is 15.9 Å². The van der Waals surface area contributed by atoms with Gasteiger partial charge in [-0.1, -0.05) is 52.3 Å². The van der Waals surface area contributed by atoms with Crippen molar-refractivity contribution in [2.24, 2.45) is 5.10 Å². The van der Waals surface area contributed by atoms with Gasteiger partial charge in [0.1, 0.15) is 23.9 Å². The first-order valence-electron chi connectivity index (χ1n) is 9.71. The van der Waals surface area contributed by atoms with Gasteiger partial charge in [-0.3, -0.25) is 4.79 Å². The van der Waals surface area contributed by atoms with Gasteiger partial charge in [-0.15, -0.1) is 0 Å². The van der Waals surface area contributed by atoms with Crippen molar-refractivity contribution in [3.63, 3.8) is 0 Å². The minimum atomic E-state index is -0.534. The highest BCUT2D eigenvalue weighted by molar-refractivity contribution is 9.10. The molecule has 0 bridgehead atoms. The summed E-state index contributed by atoms with van der Waals surface area (Å²) in [5.41, 5.74) is 4.01. The number of aromatic hydroxyl groups is 1. The van der Waals surface area contributed by atoms with Gasteiger partial charge in [0.25, 0.3) is 5.91 Å². The molecule has 0 aromatic heterocycles. The minimum absolute atomic E-state index is 0.123. The lowest BCUT2D eigenvalue weighted by Gasteiger charge is -2.10. The average molecular weight is 493 g/mol. The number of rotatable bonds is 6. The monoisotopic (exact) mass is 492 g/mol. The average Bonchev–Trinajstić information content (AvgIpc) is 2.79. The molecular formula is C25H18BrFN2O3. The van der Waals surface area contributed by atoms with Crippen LogP contribution < -0.4 is 10.2 Å². The van der Waals surface area contributed by atoms with Crippen LogP contribution in [0.5, 0.6) is 11.5 Å². The van der Waals surface area contributed by atoms with E-state index in [1.165, 1.54) is 18.3 Å². The maximum Gasteiger partial charge on any atom is 0.275 e. The molecule has 0 fully saturated rings. The van der Waals surface area contributed by atoms with Crippen LogP contribution in [0, 0.1) is 5.82 Å². The second-order valence-electron chi connectivity index (χ2n) is 7.01. The van der Waals surface area contributed by atoms with E-state index in [0.717, 1.165) is 20.8 Å². The minimum Gasteiger partial charge on any atom is -0.507 e. The predicted molar refractivity (Wildman–Crippen MR) is 126 cm³/mol. The second kappa shape index (κ2) is 9.62. The summed E-state index contributed by atoms with van der Waals surface area (Å²) in [6.45, 7) is 0.250. The quantitative estimate of drug-likeness (QED) is 0.264. The van der Waals surface area contributed by atoms with Gasteiger partial charge in [0, 0.05) is 10.0 Å². The van der Waals surface area contributed by atoms with E-state index >= 15 is 0 Å². The number of nitrogens with zero attached hydrogens (tertiary/aromatic N) is 1. The molecule has 4 aromatic rings. The van der Waals surface area contributed by atoms with E-state index in [0.29, 0.717) is 11.3 Å². The van der Waals surface area contributed by atoms with Crippen molar-refractivity contribution in [2.75, 3.05) is 0 Å². The Balaban J connectivity index is 1.48. The fraction of sp³-hybridized carbons (Fsp3) is 0.0400. The Morgan fingerprint density at radius 3 is 2.50 bits per heavy atom. The number of nitrogens with one attached hydrogen (secondary N) is 1. The van der Waals surface area contributed by atoms with E-state index in [-0.39, 0.29) is 23.7 Å². The summed E-state index contributed by atoms with van der Waals surface area (Å²) in [5, 5.41) is 15.9. The summed E-state index contributed by atoms with van der Waals surface area (Å²) in [6.07, 6.45) is 1.46. The van der Waals surface area contributed by atoms with Crippen molar-refractivity contribution < 1.29 is 19.0 Å². The standard InChI is InChI=1S/C25H18BrFN2O3/c26-20-7-10-24(32-15-16-5-8-21(27)9-6-16)19(11-20)14-28-29-25(31)22-12-17-3-1-2-4-18(17)13-23(22)30/h1-14,30H,15H2,(H,29,31)/b28-14+. The summed E-state index contributed by atoms with van der Waals surface area (Å²) in [4.78, 5) is 12.5. The Bertz CT molecular complexity index is 1310. The molecule has 0 aliphatic carbocycles. The van der Waals surface area contributed by atoms with Gasteiger partial charge >= 0.3 is 0 Å². The molecule has 0 unspecified atom stereocenters. The van der Waals surface area contributed by atoms with Gasteiger partial charge in [-0.2, -0.15) is 5.10 Å². The topological polar surface area (TPSA) is 70.9 Å². The maximum absolute atomic E-state index is 13.1. The molecule has 0 saturated carbocycles. The van der Waals surface area contributed by atoms with Crippen LogP contribution in [0.4, 0.5) is 4.39 Å². The predicted octanol–water partition coefficient (Wildman–Crippen LogP) is 5.79. The van der Waals surface area contributed by atoms with Gasteiger partial charge in [0.05, 0.1) is 11.8 Å². The van der Waals surface area contributed by atoms with E-state index < -0.39 is 5.91 Å². The van der Waals surface area contributed by atoms with Crippen molar-refractivity contribution in [2.45, 2.75) is 6.61 Å². The van der Waals surface area contributed by atoms with Crippen LogP contribution in [0.15, 0.2) is 88.4 Å². The number of benzene rings is 4. The number of fused-ring (bicyclic) bond motifs is 1. The molecule has 160 valence electrons. The Hall–Kier alpha value is -3.71. The zero-order valence-electron chi connectivity index (χ0n) is 16.8. The molecule has 0 atom stereocenters. The van der Waals surface area contributed by atoms with Gasteiger partial charge in [0.2, 0.25) is 0 Å². The third-order valence-corrected chi connectivity index (χ3v) is 5.25. The Labute approximate surface area is 192 Å². The number of carbonyl (C=O) groups excluding carboxylic acids is 1. The lowest BCUT2D eigenvalue weighted by Crippen LogP contribution is -2.17. The third kappa shape index (κ3) is 5.12. The summed E-state index contributed by atoms with van der Waals surface area (Å²) in [7, 11) is 0. The van der Waals surface area contributed by atoms with E-state index in [4.69, 9.17) is 4.74 Å². The molecule has 4 rings (SSSR count). The molecule has 32 heavy (non-hydrogen) atoms. The summed E-state index contributed by atoms with van der Waals surface area (Å²) in [6, 6.07) is 22.0. The first-order chi connectivity index (χ1) is 15.5.